The van der Waals surface area contributed by atoms with E-state index >= 15 is 0 Å². The highest BCUT2D eigenvalue weighted by Gasteiger charge is 2.21. The number of rotatable bonds is 6. The predicted molar refractivity (Wildman–Crippen MR) is 198 cm³/mol. The number of nitrogens with zero attached hydrogens (tertiary/aromatic N) is 6. The molecule has 18 heteroatoms. The van der Waals surface area contributed by atoms with E-state index in [1.807, 2.05) is 30.3 Å². The minimum Gasteiger partial charge on any atom is -0.464 e. The van der Waals surface area contributed by atoms with Crippen molar-refractivity contribution in [3.8, 4) is 11.4 Å². The van der Waals surface area contributed by atoms with Crippen LogP contribution < -0.4 is 0 Å². The molecule has 0 atom stereocenters. The minimum atomic E-state index is -1.67. The van der Waals surface area contributed by atoms with Gasteiger partial charge in [0.25, 0.3) is 0 Å². The van der Waals surface area contributed by atoms with Crippen LogP contribution in [0.15, 0.2) is 82.0 Å². The normalized spacial score (nSPS) is 10.5. The van der Waals surface area contributed by atoms with E-state index in [2.05, 4.69) is 73.4 Å². The third-order valence-corrected chi connectivity index (χ3v) is 7.58. The van der Waals surface area contributed by atoms with Crippen LogP contribution in [0.4, 0.5) is 0 Å². The molecule has 0 aliphatic rings. The molecule has 49 heavy (non-hydrogen) atoms. The average molecular weight is 878 g/mol. The monoisotopic (exact) mass is 874 g/mol. The SMILES string of the molecule is C.COC(=O)c1nn(-c2cc(Br)cc(CCl)c2)c2ncccc12.COC(=O)c1nn(-c2cc(Br)cc(CO)c2)c2ncccc12.O=S(Cl)Cl. The molecule has 0 radical (unpaired) electrons. The molecule has 4 aromatic heterocycles. The Balaban J connectivity index is 0.000000235. The fraction of sp³-hybridized carbons (Fsp3) is 0.161. The van der Waals surface area contributed by atoms with Crippen LogP contribution in [0.2, 0.25) is 0 Å². The second-order valence-corrected chi connectivity index (χ2v) is 14.0. The van der Waals surface area contributed by atoms with Gasteiger partial charge in [-0.1, -0.05) is 39.3 Å². The zero-order valence-corrected chi connectivity index (χ0v) is 31.1. The number of ether oxygens (including phenoxy) is 2. The predicted octanol–water partition coefficient (Wildman–Crippen LogP) is 7.85. The van der Waals surface area contributed by atoms with Gasteiger partial charge in [-0.2, -0.15) is 10.2 Å². The number of alkyl halides is 1. The van der Waals surface area contributed by atoms with E-state index in [9.17, 15) is 14.7 Å². The number of benzene rings is 2. The number of carbonyl (C=O) groups is 2. The second kappa shape index (κ2) is 18.5. The van der Waals surface area contributed by atoms with Gasteiger partial charge in [-0.15, -0.1) is 11.6 Å². The van der Waals surface area contributed by atoms with E-state index in [0.717, 1.165) is 25.8 Å². The molecule has 1 N–H and O–H groups in total. The van der Waals surface area contributed by atoms with Gasteiger partial charge in [0, 0.05) is 48.6 Å². The van der Waals surface area contributed by atoms with Crippen molar-refractivity contribution in [2.24, 2.45) is 0 Å². The smallest absolute Gasteiger partial charge is 0.359 e. The Morgan fingerprint density at radius 1 is 0.796 bits per heavy atom. The van der Waals surface area contributed by atoms with Crippen LogP contribution in [0.25, 0.3) is 33.4 Å². The number of carbonyl (C=O) groups excluding carboxylic acids is 2. The van der Waals surface area contributed by atoms with Crippen LogP contribution in [0.5, 0.6) is 0 Å². The first-order valence-corrected chi connectivity index (χ1v) is 18.3. The molecule has 0 unspecified atom stereocenters. The standard InChI is InChI=1S/C15H11BrClN3O2.C15H12BrN3O3.CH4.Cl2OS/c1-22-15(21)13-12-3-2-4-18-14(12)20(19-13)11-6-9(8-17)5-10(16)7-11;1-22-15(21)13-12-3-2-4-17-14(12)19(18-13)11-6-9(8-20)5-10(16)7-11;;1-4(2)3/h2-7H,8H2,1H3;2-7,20H,8H2,1H3;1H4;. The van der Waals surface area contributed by atoms with Crippen LogP contribution in [0.3, 0.4) is 0 Å². The molecule has 0 saturated carbocycles. The molecular weight excluding hydrogens is 851 g/mol. The number of pyridine rings is 2. The molecule has 0 spiro atoms. The summed E-state index contributed by atoms with van der Waals surface area (Å²) in [6.07, 6.45) is 3.29. The summed E-state index contributed by atoms with van der Waals surface area (Å²) < 4.78 is 23.5. The second-order valence-electron chi connectivity index (χ2n) is 9.36. The summed E-state index contributed by atoms with van der Waals surface area (Å²) in [5, 5.41) is 19.3. The molecule has 258 valence electrons. The lowest BCUT2D eigenvalue weighted by Gasteiger charge is -2.06. The molecule has 4 heterocycles. The molecule has 12 nitrogen and oxygen atoms in total. The van der Waals surface area contributed by atoms with Gasteiger partial charge in [-0.3, -0.25) is 0 Å². The van der Waals surface area contributed by atoms with E-state index in [4.69, 9.17) is 25.3 Å². The lowest BCUT2D eigenvalue weighted by molar-refractivity contribution is 0.0587. The number of esters is 2. The van der Waals surface area contributed by atoms with Gasteiger partial charge in [0.15, 0.2) is 22.7 Å². The zero-order chi connectivity index (χ0) is 35.0. The van der Waals surface area contributed by atoms with Crippen LogP contribution in [0.1, 0.15) is 39.5 Å². The maximum Gasteiger partial charge on any atom is 0.359 e. The molecule has 0 amide bonds. The molecule has 0 bridgehead atoms. The zero-order valence-electron chi connectivity index (χ0n) is 24.8. The summed E-state index contributed by atoms with van der Waals surface area (Å²) >= 11 is 12.8. The Bertz CT molecular complexity index is 1980. The Morgan fingerprint density at radius 2 is 1.20 bits per heavy atom. The molecule has 6 rings (SSSR count). The van der Waals surface area contributed by atoms with Gasteiger partial charge in [0.2, 0.25) is 9.23 Å². The first-order valence-electron chi connectivity index (χ1n) is 13.4. The Kier molecular flexibility index (Phi) is 15.1. The highest BCUT2D eigenvalue weighted by atomic mass is 79.9. The first kappa shape index (κ1) is 40.0. The van der Waals surface area contributed by atoms with Gasteiger partial charge in [-0.25, -0.2) is 33.1 Å². The molecule has 2 aromatic carbocycles. The highest BCUT2D eigenvalue weighted by Crippen LogP contribution is 2.26. The number of hydrogen-bond acceptors (Lipinski definition) is 10. The minimum absolute atomic E-state index is 0. The van der Waals surface area contributed by atoms with Crippen molar-refractivity contribution in [1.82, 2.24) is 29.5 Å². The average Bonchev–Trinajstić information content (AvgIpc) is 3.67. The number of fused-ring (bicyclic) bond motifs is 2. The number of methoxy groups -OCH3 is 2. The molecule has 0 fully saturated rings. The van der Waals surface area contributed by atoms with Gasteiger partial charge >= 0.3 is 11.9 Å². The van der Waals surface area contributed by atoms with Crippen molar-refractivity contribution in [2.45, 2.75) is 19.9 Å². The summed E-state index contributed by atoms with van der Waals surface area (Å²) in [5.41, 5.74) is 4.69. The number of halogens is 5. The number of hydrogen-bond donors (Lipinski definition) is 1. The summed E-state index contributed by atoms with van der Waals surface area (Å²) in [7, 11) is 10.00. The van der Waals surface area contributed by atoms with Crippen LogP contribution in [0, 0.1) is 0 Å². The largest absolute Gasteiger partial charge is 0.464 e. The molecular formula is C31H27Br2Cl3N6O6S. The van der Waals surface area contributed by atoms with Gasteiger partial charge in [0.1, 0.15) is 0 Å². The molecule has 0 saturated heterocycles. The van der Waals surface area contributed by atoms with Gasteiger partial charge in [-0.05, 0) is 71.8 Å². The number of aliphatic hydroxyl groups excluding tert-OH is 1. The topological polar surface area (TPSA) is 151 Å². The van der Waals surface area contributed by atoms with Gasteiger partial charge < -0.3 is 14.6 Å². The third kappa shape index (κ3) is 9.84. The molecule has 0 aliphatic carbocycles. The summed E-state index contributed by atoms with van der Waals surface area (Å²) in [6.45, 7) is -0.0943. The Morgan fingerprint density at radius 3 is 1.59 bits per heavy atom. The van der Waals surface area contributed by atoms with Crippen LogP contribution >= 0.6 is 64.8 Å². The molecule has 0 aliphatic heterocycles. The first-order chi connectivity index (χ1) is 23.0. The van der Waals surface area contributed by atoms with Crippen molar-refractivity contribution in [1.29, 1.82) is 0 Å². The van der Waals surface area contributed by atoms with E-state index in [1.165, 1.54) is 14.2 Å². The van der Waals surface area contributed by atoms with E-state index in [-0.39, 0.29) is 25.4 Å². The van der Waals surface area contributed by atoms with E-state index in [0.29, 0.717) is 33.6 Å². The quantitative estimate of drug-likeness (QED) is 0.0996. The maximum absolute atomic E-state index is 11.9. The van der Waals surface area contributed by atoms with E-state index < -0.39 is 21.2 Å². The van der Waals surface area contributed by atoms with Crippen molar-refractivity contribution in [3.63, 3.8) is 0 Å². The van der Waals surface area contributed by atoms with Crippen LogP contribution in [-0.2, 0) is 31.2 Å². The van der Waals surface area contributed by atoms with Crippen molar-refractivity contribution in [3.05, 3.63) is 105 Å². The Hall–Kier alpha value is -3.44. The third-order valence-electron chi connectivity index (χ3n) is 6.35. The number of aromatic nitrogens is 6. The van der Waals surface area contributed by atoms with Crippen molar-refractivity contribution < 1.29 is 28.4 Å². The number of aliphatic hydroxyl groups is 1. The Labute approximate surface area is 314 Å². The fourth-order valence-corrected chi connectivity index (χ4v) is 5.65. The lowest BCUT2D eigenvalue weighted by atomic mass is 10.2. The summed E-state index contributed by atoms with van der Waals surface area (Å²) in [4.78, 5) is 32.4. The summed E-state index contributed by atoms with van der Waals surface area (Å²) in [5.74, 6) is -0.637. The van der Waals surface area contributed by atoms with E-state index in [1.54, 1.807) is 52.1 Å². The van der Waals surface area contributed by atoms with Crippen molar-refractivity contribution in [2.75, 3.05) is 14.2 Å². The fourth-order valence-electron chi connectivity index (χ4n) is 4.44. The van der Waals surface area contributed by atoms with Crippen LogP contribution in [-0.4, -0.2) is 65.0 Å². The highest BCUT2D eigenvalue weighted by molar-refractivity contribution is 9.10. The maximum atomic E-state index is 11.9. The molecule has 6 aromatic rings. The lowest BCUT2D eigenvalue weighted by Crippen LogP contribution is -2.04. The van der Waals surface area contributed by atoms with Crippen molar-refractivity contribution >= 4 is 108 Å². The van der Waals surface area contributed by atoms with Gasteiger partial charge in [0.05, 0.1) is 43.0 Å². The summed E-state index contributed by atoms with van der Waals surface area (Å²) in [6, 6.07) is 18.2.